The highest BCUT2D eigenvalue weighted by molar-refractivity contribution is 6.39. The molecule has 13 heteroatoms. The van der Waals surface area contributed by atoms with Crippen molar-refractivity contribution in [3.8, 4) is 0 Å². The van der Waals surface area contributed by atoms with E-state index in [0.29, 0.717) is 37.8 Å². The summed E-state index contributed by atoms with van der Waals surface area (Å²) in [5, 5.41) is 37.8. The quantitative estimate of drug-likeness (QED) is 0.0982. The summed E-state index contributed by atoms with van der Waals surface area (Å²) in [6.45, 7) is 11.6. The number of piperidine rings is 1. The highest BCUT2D eigenvalue weighted by atomic mass is 16.7. The zero-order chi connectivity index (χ0) is 41.3. The van der Waals surface area contributed by atoms with E-state index in [2.05, 4.69) is 24.2 Å². The summed E-state index contributed by atoms with van der Waals surface area (Å²) in [6, 6.07) is -1.09. The number of methoxy groups -OCH3 is 3. The fourth-order valence-corrected chi connectivity index (χ4v) is 9.52. The average Bonchev–Trinajstić information content (AvgIpc) is 3.19. The van der Waals surface area contributed by atoms with Crippen molar-refractivity contribution in [3.05, 3.63) is 23.3 Å². The first kappa shape index (κ1) is 46.0. The van der Waals surface area contributed by atoms with Crippen molar-refractivity contribution in [2.45, 2.75) is 167 Å². The Morgan fingerprint density at radius 2 is 1.68 bits per heavy atom. The number of amides is 1. The molecule has 0 aromatic rings. The zero-order valence-corrected chi connectivity index (χ0v) is 35.3. The molecule has 2 saturated heterocycles. The number of carbonyl (C=O) groups is 3. The van der Waals surface area contributed by atoms with Crippen LogP contribution in [0.5, 0.6) is 0 Å². The summed E-state index contributed by atoms with van der Waals surface area (Å²) >= 11 is 0. The maximum atomic E-state index is 14.3. The number of Topliss-reactive ketones (excluding diaryl/α,β-unsaturated/α-hetero) is 1. The standard InChI is InChI=1S/C43H70N2O11/c1-10-31-19-25(2)18-26(3)20-36(53-8)39-37(54-9)22-28(5)43(50,56-39)40(47)41(48)45-17-12-11-16-34(45)42(49)55-38(29(6)35(46)24-33(31)44-51)27(4)21-30-14-13-15-32(23-30)52-7/h19,21,26,28-32,34-39,46,50-51H,10-18,20,22-24H2,1-9H3/b25-19+,27-21+,44-33-/t26-,28+,29+,30-,31+,32-,34-,35-,36-,37-,38+,39+,43+/m0/s1. The largest absolute Gasteiger partial charge is 0.456 e. The second kappa shape index (κ2) is 20.8. The highest BCUT2D eigenvalue weighted by Gasteiger charge is 2.56. The smallest absolute Gasteiger partial charge is 0.329 e. The molecular weight excluding hydrogens is 720 g/mol. The van der Waals surface area contributed by atoms with Gasteiger partial charge in [-0.25, -0.2) is 4.79 Å². The van der Waals surface area contributed by atoms with Crippen LogP contribution in [0.4, 0.5) is 0 Å². The minimum atomic E-state index is -2.48. The molecule has 0 aromatic heterocycles. The topological polar surface area (TPSA) is 174 Å². The molecule has 13 atom stereocenters. The molecule has 0 spiro atoms. The number of allylic oxidation sites excluding steroid dienone is 3. The summed E-state index contributed by atoms with van der Waals surface area (Å²) in [5.74, 6) is -6.77. The lowest BCUT2D eigenvalue weighted by Gasteiger charge is -2.47. The molecule has 1 saturated carbocycles. The first-order valence-corrected chi connectivity index (χ1v) is 20.9. The van der Waals surface area contributed by atoms with E-state index in [0.717, 1.165) is 36.8 Å². The molecule has 13 nitrogen and oxygen atoms in total. The Labute approximate surface area is 334 Å². The Hall–Kier alpha value is -2.68. The van der Waals surface area contributed by atoms with Crippen molar-refractivity contribution < 1.29 is 53.5 Å². The molecule has 3 N–H and O–H groups in total. The Balaban J connectivity index is 1.79. The lowest BCUT2D eigenvalue weighted by molar-refractivity contribution is -0.302. The van der Waals surface area contributed by atoms with Crippen molar-refractivity contribution in [3.63, 3.8) is 0 Å². The van der Waals surface area contributed by atoms with Gasteiger partial charge in [0, 0.05) is 52.0 Å². The first-order chi connectivity index (χ1) is 26.6. The number of aliphatic hydroxyl groups is 2. The molecule has 1 amide bonds. The molecular formula is C43H70N2O11. The number of cyclic esters (lactones) is 1. The van der Waals surface area contributed by atoms with Gasteiger partial charge in [-0.2, -0.15) is 0 Å². The van der Waals surface area contributed by atoms with Crippen molar-refractivity contribution in [1.29, 1.82) is 0 Å². The van der Waals surface area contributed by atoms with Gasteiger partial charge in [0.15, 0.2) is 0 Å². The Morgan fingerprint density at radius 1 is 0.982 bits per heavy atom. The number of nitrogens with zero attached hydrogens (tertiary/aromatic N) is 2. The summed E-state index contributed by atoms with van der Waals surface area (Å²) in [5.41, 5.74) is 2.24. The molecule has 3 aliphatic heterocycles. The van der Waals surface area contributed by atoms with E-state index in [1.54, 1.807) is 28.3 Å². The minimum absolute atomic E-state index is 0.0501. The van der Waals surface area contributed by atoms with Gasteiger partial charge in [-0.3, -0.25) is 9.59 Å². The second-order valence-electron chi connectivity index (χ2n) is 17.2. The SMILES string of the molecule is CC[C@@H]1/C=C(\C)C[C@H](C)C[C@H](OC)[C@H]2O[C@@](O)(C(=O)C(=O)N3CCCC[C@H]3C(=O)O[C@H](/C(C)=C/[C@@H]3CCC[C@H](OC)C3)[C@H](C)[C@@H](O)C/C1=N/O)[C@H](C)C[C@@H]2OC. The molecule has 0 unspecified atom stereocenters. The van der Waals surface area contributed by atoms with Crippen LogP contribution in [0.3, 0.4) is 0 Å². The van der Waals surface area contributed by atoms with E-state index >= 15 is 0 Å². The monoisotopic (exact) mass is 790 g/mol. The third kappa shape index (κ3) is 10.9. The molecule has 56 heavy (non-hydrogen) atoms. The third-order valence-corrected chi connectivity index (χ3v) is 12.9. The van der Waals surface area contributed by atoms with Gasteiger partial charge in [0.2, 0.25) is 5.79 Å². The molecule has 0 aromatic carbocycles. The number of aliphatic hydroxyl groups excluding tert-OH is 1. The predicted octanol–water partition coefficient (Wildman–Crippen LogP) is 5.76. The molecule has 1 aliphatic carbocycles. The van der Waals surface area contributed by atoms with Crippen molar-refractivity contribution in [1.82, 2.24) is 4.90 Å². The van der Waals surface area contributed by atoms with Gasteiger partial charge in [0.05, 0.1) is 30.1 Å². The number of ketones is 1. The number of ether oxygens (including phenoxy) is 5. The van der Waals surface area contributed by atoms with Crippen LogP contribution in [0.15, 0.2) is 28.5 Å². The van der Waals surface area contributed by atoms with Gasteiger partial charge in [0.1, 0.15) is 18.2 Å². The van der Waals surface area contributed by atoms with Crippen LogP contribution in [-0.2, 0) is 38.1 Å². The van der Waals surface area contributed by atoms with Crippen LogP contribution in [0.25, 0.3) is 0 Å². The summed E-state index contributed by atoms with van der Waals surface area (Å²) in [7, 11) is 4.81. The van der Waals surface area contributed by atoms with Gasteiger partial charge < -0.3 is 44.0 Å². The van der Waals surface area contributed by atoms with E-state index in [-0.39, 0.29) is 49.7 Å². The van der Waals surface area contributed by atoms with E-state index in [1.165, 1.54) is 4.90 Å². The zero-order valence-electron chi connectivity index (χ0n) is 35.3. The van der Waals surface area contributed by atoms with Gasteiger partial charge >= 0.3 is 5.97 Å². The molecule has 4 rings (SSSR count). The maximum absolute atomic E-state index is 14.3. The fourth-order valence-electron chi connectivity index (χ4n) is 9.52. The van der Waals surface area contributed by atoms with Crippen molar-refractivity contribution in [2.24, 2.45) is 34.7 Å². The predicted molar refractivity (Wildman–Crippen MR) is 211 cm³/mol. The van der Waals surface area contributed by atoms with Crippen LogP contribution in [0.2, 0.25) is 0 Å². The maximum Gasteiger partial charge on any atom is 0.329 e. The van der Waals surface area contributed by atoms with Gasteiger partial charge in [-0.15, -0.1) is 0 Å². The Bertz CT molecular complexity index is 1430. The second-order valence-corrected chi connectivity index (χ2v) is 17.2. The lowest BCUT2D eigenvalue weighted by atomic mass is 9.82. The summed E-state index contributed by atoms with van der Waals surface area (Å²) in [4.78, 5) is 44.0. The first-order valence-electron chi connectivity index (χ1n) is 20.9. The summed E-state index contributed by atoms with van der Waals surface area (Å²) in [6.07, 6.45) is 7.66. The van der Waals surface area contributed by atoms with E-state index in [1.807, 2.05) is 27.7 Å². The Kier molecular flexibility index (Phi) is 17.1. The van der Waals surface area contributed by atoms with Gasteiger partial charge in [-0.1, -0.05) is 57.0 Å². The molecule has 3 fully saturated rings. The lowest BCUT2D eigenvalue weighted by Crippen LogP contribution is -2.64. The van der Waals surface area contributed by atoms with E-state index in [4.69, 9.17) is 23.7 Å². The average molecular weight is 791 g/mol. The fraction of sp³-hybridized carbons (Fsp3) is 0.814. The highest BCUT2D eigenvalue weighted by Crippen LogP contribution is 2.39. The number of esters is 1. The molecule has 318 valence electrons. The number of rotatable bonds is 6. The minimum Gasteiger partial charge on any atom is -0.456 e. The normalized spacial score (nSPS) is 40.9. The van der Waals surface area contributed by atoms with Crippen LogP contribution >= 0.6 is 0 Å². The van der Waals surface area contributed by atoms with Gasteiger partial charge in [0.25, 0.3) is 11.7 Å². The molecule has 0 radical (unpaired) electrons. The molecule has 2 bridgehead atoms. The van der Waals surface area contributed by atoms with Crippen LogP contribution < -0.4 is 0 Å². The van der Waals surface area contributed by atoms with Gasteiger partial charge in [-0.05, 0) is 95.5 Å². The van der Waals surface area contributed by atoms with Crippen molar-refractivity contribution >= 4 is 23.4 Å². The number of carbonyl (C=O) groups excluding carboxylic acids is 3. The number of hydrogen-bond acceptors (Lipinski definition) is 12. The van der Waals surface area contributed by atoms with E-state index < -0.39 is 71.8 Å². The van der Waals surface area contributed by atoms with Crippen LogP contribution in [-0.4, -0.2) is 120 Å². The summed E-state index contributed by atoms with van der Waals surface area (Å²) < 4.78 is 30.0. The Morgan fingerprint density at radius 3 is 2.32 bits per heavy atom. The number of fused-ring (bicyclic) bond motifs is 3. The number of oxime groups is 1. The van der Waals surface area contributed by atoms with Crippen LogP contribution in [0, 0.1) is 29.6 Å². The van der Waals surface area contributed by atoms with Crippen LogP contribution in [0.1, 0.15) is 119 Å². The third-order valence-electron chi connectivity index (χ3n) is 12.9. The number of hydrogen-bond donors (Lipinski definition) is 3. The van der Waals surface area contributed by atoms with E-state index in [9.17, 15) is 29.8 Å². The molecule has 3 heterocycles. The van der Waals surface area contributed by atoms with Crippen molar-refractivity contribution in [2.75, 3.05) is 27.9 Å². The molecule has 4 aliphatic rings.